The number of rotatable bonds is 5. The standard InChI is InChI=1S/C19H24N6O/c1-14(13-25-9-4-8-20-25)21-18-15-6-10-24(2)11-7-16(15)22-19(23-18)17-5-3-12-26-17/h3-5,8-9,12,14H,6-7,10-11,13H2,1-2H3,(H,21,22,23)/t14-/m1/s1. The first-order valence-electron chi connectivity index (χ1n) is 9.05. The van der Waals surface area contributed by atoms with E-state index in [0.29, 0.717) is 11.6 Å². The highest BCUT2D eigenvalue weighted by molar-refractivity contribution is 5.56. The van der Waals surface area contributed by atoms with Gasteiger partial charge in [-0.05, 0) is 38.6 Å². The maximum absolute atomic E-state index is 5.53. The molecule has 0 aromatic carbocycles. The second-order valence-corrected chi connectivity index (χ2v) is 6.88. The van der Waals surface area contributed by atoms with Gasteiger partial charge in [-0.2, -0.15) is 5.10 Å². The highest BCUT2D eigenvalue weighted by Crippen LogP contribution is 2.26. The Labute approximate surface area is 153 Å². The maximum Gasteiger partial charge on any atom is 0.197 e. The smallest absolute Gasteiger partial charge is 0.197 e. The minimum absolute atomic E-state index is 0.194. The molecule has 0 fully saturated rings. The molecule has 1 N–H and O–H groups in total. The minimum Gasteiger partial charge on any atom is -0.461 e. The topological polar surface area (TPSA) is 72.0 Å². The molecular weight excluding hydrogens is 328 g/mol. The van der Waals surface area contributed by atoms with Crippen molar-refractivity contribution in [3.63, 3.8) is 0 Å². The van der Waals surface area contributed by atoms with Crippen molar-refractivity contribution in [1.82, 2.24) is 24.6 Å². The van der Waals surface area contributed by atoms with Crippen molar-refractivity contribution in [2.24, 2.45) is 0 Å². The molecule has 1 aliphatic rings. The average Bonchev–Trinajstić information content (AvgIpc) is 3.29. The van der Waals surface area contributed by atoms with Crippen molar-refractivity contribution in [3.8, 4) is 11.6 Å². The molecule has 7 nitrogen and oxygen atoms in total. The molecule has 0 saturated carbocycles. The third-order valence-corrected chi connectivity index (χ3v) is 4.71. The zero-order valence-corrected chi connectivity index (χ0v) is 15.2. The van der Waals surface area contributed by atoms with Gasteiger partial charge >= 0.3 is 0 Å². The van der Waals surface area contributed by atoms with Crippen LogP contribution in [0.25, 0.3) is 11.6 Å². The fourth-order valence-corrected chi connectivity index (χ4v) is 3.31. The number of hydrogen-bond donors (Lipinski definition) is 1. The lowest BCUT2D eigenvalue weighted by molar-refractivity contribution is 0.352. The van der Waals surface area contributed by atoms with Crippen molar-refractivity contribution in [1.29, 1.82) is 0 Å². The van der Waals surface area contributed by atoms with Crippen LogP contribution in [0.2, 0.25) is 0 Å². The largest absolute Gasteiger partial charge is 0.461 e. The lowest BCUT2D eigenvalue weighted by Crippen LogP contribution is -2.24. The van der Waals surface area contributed by atoms with Gasteiger partial charge in [0.15, 0.2) is 11.6 Å². The zero-order chi connectivity index (χ0) is 17.9. The molecule has 0 saturated heterocycles. The van der Waals surface area contributed by atoms with Crippen LogP contribution < -0.4 is 5.32 Å². The van der Waals surface area contributed by atoms with Crippen molar-refractivity contribution >= 4 is 5.82 Å². The lowest BCUT2D eigenvalue weighted by Gasteiger charge is -2.19. The van der Waals surface area contributed by atoms with Crippen LogP contribution in [0.3, 0.4) is 0 Å². The van der Waals surface area contributed by atoms with Crippen LogP contribution in [0.4, 0.5) is 5.82 Å². The minimum atomic E-state index is 0.194. The summed E-state index contributed by atoms with van der Waals surface area (Å²) in [6, 6.07) is 5.90. The molecule has 7 heteroatoms. The van der Waals surface area contributed by atoms with E-state index in [0.717, 1.165) is 44.0 Å². The fraction of sp³-hybridized carbons (Fsp3) is 0.421. The van der Waals surface area contributed by atoms with Crippen LogP contribution in [0.15, 0.2) is 41.3 Å². The van der Waals surface area contributed by atoms with E-state index in [1.165, 1.54) is 5.56 Å². The van der Waals surface area contributed by atoms with Crippen molar-refractivity contribution in [2.45, 2.75) is 32.4 Å². The van der Waals surface area contributed by atoms with Crippen molar-refractivity contribution < 1.29 is 4.42 Å². The molecular formula is C19H24N6O. The molecule has 3 aromatic rings. The first-order chi connectivity index (χ1) is 12.7. The summed E-state index contributed by atoms with van der Waals surface area (Å²) in [6.07, 6.45) is 7.30. The van der Waals surface area contributed by atoms with Crippen LogP contribution in [0.1, 0.15) is 18.2 Å². The van der Waals surface area contributed by atoms with E-state index in [9.17, 15) is 0 Å². The monoisotopic (exact) mass is 352 g/mol. The summed E-state index contributed by atoms with van der Waals surface area (Å²) in [7, 11) is 2.15. The molecule has 3 aromatic heterocycles. The predicted molar refractivity (Wildman–Crippen MR) is 100.0 cm³/mol. The number of likely N-dealkylation sites (N-methyl/N-ethyl adjacent to an activating group) is 1. The third-order valence-electron chi connectivity index (χ3n) is 4.71. The highest BCUT2D eigenvalue weighted by Gasteiger charge is 2.21. The van der Waals surface area contributed by atoms with Crippen LogP contribution in [0.5, 0.6) is 0 Å². The second-order valence-electron chi connectivity index (χ2n) is 6.88. The van der Waals surface area contributed by atoms with Crippen molar-refractivity contribution in [2.75, 3.05) is 25.5 Å². The number of anilines is 1. The van der Waals surface area contributed by atoms with Gasteiger partial charge in [0.1, 0.15) is 5.82 Å². The molecule has 0 amide bonds. The van der Waals surface area contributed by atoms with Gasteiger partial charge in [0.05, 0.1) is 18.5 Å². The molecule has 0 aliphatic carbocycles. The number of nitrogens with one attached hydrogen (secondary N) is 1. The van der Waals surface area contributed by atoms with Crippen LogP contribution in [-0.2, 0) is 19.4 Å². The van der Waals surface area contributed by atoms with Gasteiger partial charge in [0, 0.05) is 43.5 Å². The Balaban J connectivity index is 1.66. The molecule has 1 aliphatic heterocycles. The Morgan fingerprint density at radius 1 is 1.23 bits per heavy atom. The van der Waals surface area contributed by atoms with Crippen molar-refractivity contribution in [3.05, 3.63) is 48.1 Å². The van der Waals surface area contributed by atoms with E-state index in [1.54, 1.807) is 12.5 Å². The molecule has 0 radical (unpaired) electrons. The quantitative estimate of drug-likeness (QED) is 0.760. The molecule has 26 heavy (non-hydrogen) atoms. The van der Waals surface area contributed by atoms with Crippen LogP contribution in [0, 0.1) is 0 Å². The first-order valence-corrected chi connectivity index (χ1v) is 9.05. The Bertz CT molecular complexity index is 843. The van der Waals surface area contributed by atoms with Gasteiger partial charge in [-0.25, -0.2) is 9.97 Å². The van der Waals surface area contributed by atoms with Gasteiger partial charge in [0.25, 0.3) is 0 Å². The van der Waals surface area contributed by atoms with Crippen LogP contribution in [-0.4, -0.2) is 50.8 Å². The number of nitrogens with zero attached hydrogens (tertiary/aromatic N) is 5. The van der Waals surface area contributed by atoms with Gasteiger partial charge in [-0.3, -0.25) is 4.68 Å². The van der Waals surface area contributed by atoms with Gasteiger partial charge in [-0.15, -0.1) is 0 Å². The van der Waals surface area contributed by atoms with E-state index < -0.39 is 0 Å². The third kappa shape index (κ3) is 3.62. The predicted octanol–water partition coefficient (Wildman–Crippen LogP) is 2.46. The van der Waals surface area contributed by atoms with E-state index in [-0.39, 0.29) is 6.04 Å². The van der Waals surface area contributed by atoms with Gasteiger partial charge in [-0.1, -0.05) is 0 Å². The Hall–Kier alpha value is -2.67. The van der Waals surface area contributed by atoms with E-state index in [1.807, 2.05) is 29.1 Å². The Morgan fingerprint density at radius 2 is 2.12 bits per heavy atom. The fourth-order valence-electron chi connectivity index (χ4n) is 3.31. The summed E-state index contributed by atoms with van der Waals surface area (Å²) < 4.78 is 7.46. The van der Waals surface area contributed by atoms with E-state index in [2.05, 4.69) is 29.3 Å². The number of furan rings is 1. The SMILES string of the molecule is C[C@H](Cn1cccn1)Nc1nc(-c2ccco2)nc2c1CCN(C)CC2. The normalized spacial score (nSPS) is 16.1. The summed E-state index contributed by atoms with van der Waals surface area (Å²) in [5, 5.41) is 7.87. The molecule has 136 valence electrons. The highest BCUT2D eigenvalue weighted by atomic mass is 16.3. The van der Waals surface area contributed by atoms with E-state index >= 15 is 0 Å². The molecule has 4 rings (SSSR count). The van der Waals surface area contributed by atoms with Gasteiger partial charge in [0.2, 0.25) is 0 Å². The summed E-state index contributed by atoms with van der Waals surface area (Å²) in [5.41, 5.74) is 2.33. The molecule has 0 bridgehead atoms. The summed E-state index contributed by atoms with van der Waals surface area (Å²) in [5.74, 6) is 2.26. The molecule has 1 atom stereocenters. The lowest BCUT2D eigenvalue weighted by atomic mass is 10.1. The summed E-state index contributed by atoms with van der Waals surface area (Å²) >= 11 is 0. The van der Waals surface area contributed by atoms with Gasteiger partial charge < -0.3 is 14.6 Å². The Morgan fingerprint density at radius 3 is 2.88 bits per heavy atom. The maximum atomic E-state index is 5.53. The summed E-state index contributed by atoms with van der Waals surface area (Å²) in [6.45, 7) is 4.94. The zero-order valence-electron chi connectivity index (χ0n) is 15.2. The summed E-state index contributed by atoms with van der Waals surface area (Å²) in [4.78, 5) is 11.9. The number of fused-ring (bicyclic) bond motifs is 1. The van der Waals surface area contributed by atoms with Crippen LogP contribution >= 0.6 is 0 Å². The number of aromatic nitrogens is 4. The Kier molecular flexibility index (Phi) is 4.71. The average molecular weight is 352 g/mol. The molecule has 4 heterocycles. The second kappa shape index (κ2) is 7.29. The van der Waals surface area contributed by atoms with E-state index in [4.69, 9.17) is 14.4 Å². The first kappa shape index (κ1) is 16.8. The molecule has 0 unspecified atom stereocenters. The molecule has 0 spiro atoms. The number of hydrogen-bond acceptors (Lipinski definition) is 6.